The largest absolute Gasteiger partial charge is 0.221 e. The van der Waals surface area contributed by atoms with Crippen LogP contribution in [0.4, 0.5) is 4.39 Å². The van der Waals surface area contributed by atoms with Crippen molar-refractivity contribution in [2.45, 2.75) is 18.8 Å². The van der Waals surface area contributed by atoms with Crippen LogP contribution in [0.25, 0.3) is 5.69 Å². The van der Waals surface area contributed by atoms with Crippen LogP contribution in [0.1, 0.15) is 24.6 Å². The molecule has 0 amide bonds. The van der Waals surface area contributed by atoms with Gasteiger partial charge < -0.3 is 0 Å². The monoisotopic (exact) mass is 237 g/mol. The molecule has 3 rings (SSSR count). The summed E-state index contributed by atoms with van der Waals surface area (Å²) < 4.78 is 14.8. The van der Waals surface area contributed by atoms with E-state index in [1.807, 2.05) is 0 Å². The van der Waals surface area contributed by atoms with E-state index in [0.29, 0.717) is 11.6 Å². The molecule has 0 aliphatic heterocycles. The molecule has 1 saturated carbocycles. The number of nitrogens with zero attached hydrogens (tertiary/aromatic N) is 3. The second kappa shape index (κ2) is 3.56. The highest BCUT2D eigenvalue weighted by atomic mass is 35.5. The molecule has 3 nitrogen and oxygen atoms in total. The first-order valence-electron chi connectivity index (χ1n) is 5.11. The Balaban J connectivity index is 1.97. The van der Waals surface area contributed by atoms with Crippen LogP contribution in [-0.2, 0) is 0 Å². The van der Waals surface area contributed by atoms with Crippen molar-refractivity contribution in [2.24, 2.45) is 0 Å². The highest BCUT2D eigenvalue weighted by Gasteiger charge is 2.27. The molecule has 16 heavy (non-hydrogen) atoms. The second-order valence-corrected chi connectivity index (χ2v) is 4.33. The first kappa shape index (κ1) is 9.78. The Morgan fingerprint density at radius 2 is 2.19 bits per heavy atom. The third-order valence-corrected chi connectivity index (χ3v) is 2.93. The van der Waals surface area contributed by atoms with Crippen molar-refractivity contribution in [3.05, 3.63) is 41.2 Å². The lowest BCUT2D eigenvalue weighted by atomic mass is 10.3. The van der Waals surface area contributed by atoms with Crippen molar-refractivity contribution in [3.63, 3.8) is 0 Å². The number of benzene rings is 1. The summed E-state index contributed by atoms with van der Waals surface area (Å²) in [4.78, 5) is 4.20. The predicted molar refractivity (Wildman–Crippen MR) is 58.3 cm³/mol. The summed E-state index contributed by atoms with van der Waals surface area (Å²) in [6.45, 7) is 0. The standard InChI is InChI=1S/C11H9ClFN3/c12-9-4-3-8(5-10(9)13)16-6-14-11(15-16)7-1-2-7/h3-7H,1-2H2. The fourth-order valence-corrected chi connectivity index (χ4v) is 1.67. The van der Waals surface area contributed by atoms with Crippen molar-refractivity contribution in [2.75, 3.05) is 0 Å². The summed E-state index contributed by atoms with van der Waals surface area (Å²) in [6.07, 6.45) is 3.91. The second-order valence-electron chi connectivity index (χ2n) is 3.92. The van der Waals surface area contributed by atoms with Crippen LogP contribution >= 0.6 is 11.6 Å². The number of aromatic nitrogens is 3. The lowest BCUT2D eigenvalue weighted by Gasteiger charge is -2.00. The third-order valence-electron chi connectivity index (χ3n) is 2.62. The zero-order valence-electron chi connectivity index (χ0n) is 8.40. The minimum atomic E-state index is -0.442. The summed E-state index contributed by atoms with van der Waals surface area (Å²) in [5.74, 6) is 0.899. The number of halogens is 2. The molecule has 0 bridgehead atoms. The molecule has 0 spiro atoms. The lowest BCUT2D eigenvalue weighted by molar-refractivity contribution is 0.625. The molecule has 1 fully saturated rings. The van der Waals surface area contributed by atoms with Gasteiger partial charge in [0.05, 0.1) is 10.7 Å². The third kappa shape index (κ3) is 1.69. The Morgan fingerprint density at radius 3 is 2.88 bits per heavy atom. The van der Waals surface area contributed by atoms with Crippen molar-refractivity contribution >= 4 is 11.6 Å². The Labute approximate surface area is 96.9 Å². The van der Waals surface area contributed by atoms with Crippen molar-refractivity contribution in [1.29, 1.82) is 0 Å². The first-order valence-corrected chi connectivity index (χ1v) is 5.49. The van der Waals surface area contributed by atoms with Crippen LogP contribution in [-0.4, -0.2) is 14.8 Å². The van der Waals surface area contributed by atoms with Crippen LogP contribution in [0.15, 0.2) is 24.5 Å². The van der Waals surface area contributed by atoms with Crippen LogP contribution in [0.2, 0.25) is 5.02 Å². The van der Waals surface area contributed by atoms with E-state index in [-0.39, 0.29) is 5.02 Å². The number of hydrogen-bond donors (Lipinski definition) is 0. The number of hydrogen-bond acceptors (Lipinski definition) is 2. The van der Waals surface area contributed by atoms with E-state index >= 15 is 0 Å². The van der Waals surface area contributed by atoms with E-state index < -0.39 is 5.82 Å². The van der Waals surface area contributed by atoms with E-state index in [2.05, 4.69) is 10.1 Å². The molecule has 1 aromatic carbocycles. The predicted octanol–water partition coefficient (Wildman–Crippen LogP) is 2.94. The van der Waals surface area contributed by atoms with Gasteiger partial charge in [-0.2, -0.15) is 5.10 Å². The maximum Gasteiger partial charge on any atom is 0.154 e. The Kier molecular flexibility index (Phi) is 2.17. The quantitative estimate of drug-likeness (QED) is 0.804. The highest BCUT2D eigenvalue weighted by Crippen LogP contribution is 2.37. The average Bonchev–Trinajstić information content (AvgIpc) is 3.01. The molecule has 0 N–H and O–H groups in total. The van der Waals surface area contributed by atoms with Crippen LogP contribution < -0.4 is 0 Å². The van der Waals surface area contributed by atoms with E-state index in [1.165, 1.54) is 12.1 Å². The van der Waals surface area contributed by atoms with Crippen molar-refractivity contribution in [3.8, 4) is 5.69 Å². The zero-order chi connectivity index (χ0) is 11.1. The molecule has 5 heteroatoms. The van der Waals surface area contributed by atoms with Gasteiger partial charge in [-0.1, -0.05) is 11.6 Å². The van der Waals surface area contributed by atoms with Gasteiger partial charge in [-0.15, -0.1) is 0 Å². The van der Waals surface area contributed by atoms with Gasteiger partial charge in [-0.3, -0.25) is 0 Å². The summed E-state index contributed by atoms with van der Waals surface area (Å²) in [7, 11) is 0. The molecular weight excluding hydrogens is 229 g/mol. The van der Waals surface area contributed by atoms with Gasteiger partial charge in [-0.25, -0.2) is 14.1 Å². The van der Waals surface area contributed by atoms with E-state index in [0.717, 1.165) is 18.7 Å². The lowest BCUT2D eigenvalue weighted by Crippen LogP contribution is -1.96. The normalized spacial score (nSPS) is 15.4. The van der Waals surface area contributed by atoms with E-state index in [9.17, 15) is 4.39 Å². The van der Waals surface area contributed by atoms with Crippen LogP contribution in [0.3, 0.4) is 0 Å². The van der Waals surface area contributed by atoms with Gasteiger partial charge in [0, 0.05) is 12.0 Å². The maximum absolute atomic E-state index is 13.2. The minimum Gasteiger partial charge on any atom is -0.221 e. The topological polar surface area (TPSA) is 30.7 Å². The molecule has 1 aliphatic rings. The molecule has 0 saturated heterocycles. The maximum atomic E-state index is 13.2. The summed E-state index contributed by atoms with van der Waals surface area (Å²) in [5.41, 5.74) is 0.640. The molecule has 1 aliphatic carbocycles. The number of rotatable bonds is 2. The van der Waals surface area contributed by atoms with Gasteiger partial charge in [0.1, 0.15) is 12.1 Å². The Morgan fingerprint density at radius 1 is 1.38 bits per heavy atom. The van der Waals surface area contributed by atoms with Gasteiger partial charge in [0.2, 0.25) is 0 Å². The molecular formula is C11H9ClFN3. The fraction of sp³-hybridized carbons (Fsp3) is 0.273. The molecule has 2 aromatic rings. The van der Waals surface area contributed by atoms with Gasteiger partial charge in [-0.05, 0) is 25.0 Å². The smallest absolute Gasteiger partial charge is 0.154 e. The SMILES string of the molecule is Fc1cc(-n2cnc(C3CC3)n2)ccc1Cl. The van der Waals surface area contributed by atoms with Crippen LogP contribution in [0, 0.1) is 5.82 Å². The highest BCUT2D eigenvalue weighted by molar-refractivity contribution is 6.30. The van der Waals surface area contributed by atoms with Gasteiger partial charge >= 0.3 is 0 Å². The average molecular weight is 238 g/mol. The van der Waals surface area contributed by atoms with Gasteiger partial charge in [0.25, 0.3) is 0 Å². The fourth-order valence-electron chi connectivity index (χ4n) is 1.56. The first-order chi connectivity index (χ1) is 7.74. The summed E-state index contributed by atoms with van der Waals surface area (Å²) in [5, 5.41) is 4.43. The Bertz CT molecular complexity index is 534. The van der Waals surface area contributed by atoms with Crippen molar-refractivity contribution in [1.82, 2.24) is 14.8 Å². The molecule has 0 radical (unpaired) electrons. The van der Waals surface area contributed by atoms with Gasteiger partial charge in [0.15, 0.2) is 5.82 Å². The molecule has 0 atom stereocenters. The van der Waals surface area contributed by atoms with Crippen LogP contribution in [0.5, 0.6) is 0 Å². The summed E-state index contributed by atoms with van der Waals surface area (Å²) in [6, 6.07) is 4.59. The molecule has 82 valence electrons. The summed E-state index contributed by atoms with van der Waals surface area (Å²) >= 11 is 5.61. The molecule has 1 aromatic heterocycles. The molecule has 1 heterocycles. The van der Waals surface area contributed by atoms with E-state index in [4.69, 9.17) is 11.6 Å². The van der Waals surface area contributed by atoms with Crippen molar-refractivity contribution < 1.29 is 4.39 Å². The zero-order valence-corrected chi connectivity index (χ0v) is 9.15. The minimum absolute atomic E-state index is 0.117. The van der Waals surface area contributed by atoms with E-state index in [1.54, 1.807) is 17.1 Å². The molecule has 0 unspecified atom stereocenters. The Hall–Kier alpha value is -1.42.